The molecule has 0 bridgehead atoms. The van der Waals surface area contributed by atoms with Crippen LogP contribution in [-0.2, 0) is 6.54 Å². The van der Waals surface area contributed by atoms with Crippen LogP contribution in [0.4, 0.5) is 10.5 Å². The summed E-state index contributed by atoms with van der Waals surface area (Å²) in [6.07, 6.45) is 5.27. The van der Waals surface area contributed by atoms with Gasteiger partial charge in [-0.05, 0) is 47.4 Å². The molecule has 5 nitrogen and oxygen atoms in total. The highest BCUT2D eigenvalue weighted by atomic mass is 16.2. The number of fused-ring (bicyclic) bond motifs is 1. The number of aromatic nitrogens is 1. The molecular weight excluding hydrogens is 336 g/mol. The average Bonchev–Trinajstić information content (AvgIpc) is 2.70. The fourth-order valence-corrected chi connectivity index (χ4v) is 3.62. The predicted molar refractivity (Wildman–Crippen MR) is 109 cm³/mol. The van der Waals surface area contributed by atoms with E-state index in [1.54, 1.807) is 18.5 Å². The van der Waals surface area contributed by atoms with Gasteiger partial charge in [0.2, 0.25) is 0 Å². The van der Waals surface area contributed by atoms with E-state index in [0.29, 0.717) is 5.69 Å². The van der Waals surface area contributed by atoms with E-state index in [2.05, 4.69) is 63.0 Å². The van der Waals surface area contributed by atoms with Crippen LogP contribution in [0.15, 0.2) is 67.0 Å². The van der Waals surface area contributed by atoms with Crippen molar-refractivity contribution in [2.45, 2.75) is 25.4 Å². The highest BCUT2D eigenvalue weighted by molar-refractivity contribution is 5.89. The highest BCUT2D eigenvalue weighted by Gasteiger charge is 2.20. The summed E-state index contributed by atoms with van der Waals surface area (Å²) in [7, 11) is 0. The molecule has 0 saturated carbocycles. The number of anilines is 1. The largest absolute Gasteiger partial charge is 0.335 e. The SMILES string of the molecule is O=C(Nc1cccnc1)NC1CCN(Cc2ccc3ccccc3c2)CC1. The normalized spacial score (nSPS) is 15.6. The lowest BCUT2D eigenvalue weighted by Gasteiger charge is -2.32. The average molecular weight is 360 g/mol. The fourth-order valence-electron chi connectivity index (χ4n) is 3.62. The Labute approximate surface area is 159 Å². The van der Waals surface area contributed by atoms with Crippen molar-refractivity contribution in [2.75, 3.05) is 18.4 Å². The molecule has 0 aliphatic carbocycles. The van der Waals surface area contributed by atoms with E-state index < -0.39 is 0 Å². The molecule has 0 spiro atoms. The summed E-state index contributed by atoms with van der Waals surface area (Å²) in [6.45, 7) is 2.94. The second-order valence-corrected chi connectivity index (χ2v) is 7.07. The topological polar surface area (TPSA) is 57.3 Å². The predicted octanol–water partition coefficient (Wildman–Crippen LogP) is 4.02. The van der Waals surface area contributed by atoms with Gasteiger partial charge in [0.25, 0.3) is 0 Å². The number of carbonyl (C=O) groups excluding carboxylic acids is 1. The van der Waals surface area contributed by atoms with Crippen LogP contribution in [0.25, 0.3) is 10.8 Å². The molecule has 2 amide bonds. The van der Waals surface area contributed by atoms with Crippen LogP contribution in [-0.4, -0.2) is 35.0 Å². The molecule has 1 saturated heterocycles. The van der Waals surface area contributed by atoms with E-state index in [4.69, 9.17) is 0 Å². The van der Waals surface area contributed by atoms with Crippen molar-refractivity contribution >= 4 is 22.5 Å². The molecule has 4 rings (SSSR count). The van der Waals surface area contributed by atoms with E-state index in [1.165, 1.54) is 16.3 Å². The Hall–Kier alpha value is -2.92. The van der Waals surface area contributed by atoms with Gasteiger partial charge in [-0.1, -0.05) is 36.4 Å². The van der Waals surface area contributed by atoms with Crippen molar-refractivity contribution < 1.29 is 4.79 Å². The first-order valence-corrected chi connectivity index (χ1v) is 9.44. The third-order valence-corrected chi connectivity index (χ3v) is 5.06. The molecule has 1 aliphatic rings. The third kappa shape index (κ3) is 4.63. The Morgan fingerprint density at radius 2 is 1.85 bits per heavy atom. The summed E-state index contributed by atoms with van der Waals surface area (Å²) in [5.74, 6) is 0. The first-order chi connectivity index (χ1) is 13.3. The molecule has 138 valence electrons. The van der Waals surface area contributed by atoms with Crippen molar-refractivity contribution in [1.82, 2.24) is 15.2 Å². The number of hydrogen-bond donors (Lipinski definition) is 2. The maximum Gasteiger partial charge on any atom is 0.319 e. The lowest BCUT2D eigenvalue weighted by atomic mass is 10.0. The van der Waals surface area contributed by atoms with Gasteiger partial charge in [-0.2, -0.15) is 0 Å². The lowest BCUT2D eigenvalue weighted by Crippen LogP contribution is -2.45. The van der Waals surface area contributed by atoms with Crippen LogP contribution < -0.4 is 10.6 Å². The number of hydrogen-bond acceptors (Lipinski definition) is 3. The molecule has 2 heterocycles. The Balaban J connectivity index is 1.26. The zero-order chi connectivity index (χ0) is 18.5. The lowest BCUT2D eigenvalue weighted by molar-refractivity contribution is 0.190. The molecule has 0 atom stereocenters. The summed E-state index contributed by atoms with van der Waals surface area (Å²) in [4.78, 5) is 18.6. The van der Waals surface area contributed by atoms with Gasteiger partial charge < -0.3 is 10.6 Å². The molecule has 5 heteroatoms. The number of nitrogens with zero attached hydrogens (tertiary/aromatic N) is 2. The molecule has 2 N–H and O–H groups in total. The van der Waals surface area contributed by atoms with Crippen molar-refractivity contribution in [3.63, 3.8) is 0 Å². The minimum atomic E-state index is -0.157. The van der Waals surface area contributed by atoms with Crippen LogP contribution in [0.3, 0.4) is 0 Å². The molecule has 0 unspecified atom stereocenters. The van der Waals surface area contributed by atoms with Gasteiger partial charge in [0.1, 0.15) is 0 Å². The summed E-state index contributed by atoms with van der Waals surface area (Å²) in [6, 6.07) is 18.9. The summed E-state index contributed by atoms with van der Waals surface area (Å²) < 4.78 is 0. The molecule has 2 aromatic carbocycles. The van der Waals surface area contributed by atoms with Crippen molar-refractivity contribution in [2.24, 2.45) is 0 Å². The summed E-state index contributed by atoms with van der Waals surface area (Å²) in [5, 5.41) is 8.47. The van der Waals surface area contributed by atoms with Gasteiger partial charge in [-0.15, -0.1) is 0 Å². The second-order valence-electron chi connectivity index (χ2n) is 7.07. The molecule has 0 radical (unpaired) electrons. The van der Waals surface area contributed by atoms with E-state index in [-0.39, 0.29) is 12.1 Å². The number of rotatable bonds is 4. The smallest absolute Gasteiger partial charge is 0.319 e. The van der Waals surface area contributed by atoms with Gasteiger partial charge in [0, 0.05) is 31.9 Å². The maximum absolute atomic E-state index is 12.1. The van der Waals surface area contributed by atoms with Gasteiger partial charge >= 0.3 is 6.03 Å². The minimum absolute atomic E-state index is 0.157. The molecule has 1 aromatic heterocycles. The van der Waals surface area contributed by atoms with Crippen molar-refractivity contribution in [1.29, 1.82) is 0 Å². The minimum Gasteiger partial charge on any atom is -0.335 e. The third-order valence-electron chi connectivity index (χ3n) is 5.06. The van der Waals surface area contributed by atoms with Gasteiger partial charge in [0.15, 0.2) is 0 Å². The van der Waals surface area contributed by atoms with E-state index >= 15 is 0 Å². The Morgan fingerprint density at radius 3 is 2.63 bits per heavy atom. The zero-order valence-corrected chi connectivity index (χ0v) is 15.3. The second kappa shape index (κ2) is 8.18. The summed E-state index contributed by atoms with van der Waals surface area (Å²) >= 11 is 0. The number of urea groups is 1. The molecule has 27 heavy (non-hydrogen) atoms. The number of pyridine rings is 1. The Morgan fingerprint density at radius 1 is 1.04 bits per heavy atom. The molecule has 1 fully saturated rings. The Bertz CT molecular complexity index is 904. The fraction of sp³-hybridized carbons (Fsp3) is 0.273. The maximum atomic E-state index is 12.1. The number of carbonyl (C=O) groups is 1. The first-order valence-electron chi connectivity index (χ1n) is 9.44. The Kier molecular flexibility index (Phi) is 5.30. The number of amides is 2. The highest BCUT2D eigenvalue weighted by Crippen LogP contribution is 2.19. The monoisotopic (exact) mass is 360 g/mol. The summed E-state index contributed by atoms with van der Waals surface area (Å²) in [5.41, 5.74) is 2.05. The van der Waals surface area contributed by atoms with Crippen LogP contribution in [0.2, 0.25) is 0 Å². The van der Waals surface area contributed by atoms with Crippen molar-refractivity contribution in [3.8, 4) is 0 Å². The van der Waals surface area contributed by atoms with Crippen molar-refractivity contribution in [3.05, 3.63) is 72.6 Å². The first kappa shape index (κ1) is 17.5. The van der Waals surface area contributed by atoms with E-state index in [0.717, 1.165) is 32.5 Å². The van der Waals surface area contributed by atoms with Gasteiger partial charge in [0.05, 0.1) is 11.9 Å². The number of nitrogens with one attached hydrogen (secondary N) is 2. The molecule has 3 aromatic rings. The number of likely N-dealkylation sites (tertiary alicyclic amines) is 1. The van der Waals surface area contributed by atoms with E-state index in [9.17, 15) is 4.79 Å². The van der Waals surface area contributed by atoms with Gasteiger partial charge in [-0.25, -0.2) is 4.79 Å². The van der Waals surface area contributed by atoms with Crippen LogP contribution in [0, 0.1) is 0 Å². The van der Waals surface area contributed by atoms with Gasteiger partial charge in [-0.3, -0.25) is 9.88 Å². The quantitative estimate of drug-likeness (QED) is 0.739. The van der Waals surface area contributed by atoms with E-state index in [1.807, 2.05) is 6.07 Å². The zero-order valence-electron chi connectivity index (χ0n) is 15.3. The van der Waals surface area contributed by atoms with Crippen LogP contribution in [0.5, 0.6) is 0 Å². The molecule has 1 aliphatic heterocycles. The van der Waals surface area contributed by atoms with Crippen LogP contribution in [0.1, 0.15) is 18.4 Å². The number of piperidine rings is 1. The van der Waals surface area contributed by atoms with Crippen LogP contribution >= 0.6 is 0 Å². The standard InChI is InChI=1S/C22H24N4O/c27-22(25-21-6-3-11-23-15-21)24-20-9-12-26(13-10-20)16-17-7-8-18-4-1-2-5-19(18)14-17/h1-8,11,14-15,20H,9-10,12-13,16H2,(H2,24,25,27). The molecular formula is C22H24N4O. The number of benzene rings is 2.